The van der Waals surface area contributed by atoms with Gasteiger partial charge in [0.05, 0.1) is 11.9 Å². The molecule has 0 amide bonds. The van der Waals surface area contributed by atoms with E-state index in [4.69, 9.17) is 0 Å². The van der Waals surface area contributed by atoms with E-state index in [1.165, 1.54) is 0 Å². The van der Waals surface area contributed by atoms with Gasteiger partial charge in [-0.05, 0) is 13.0 Å². The third-order valence-corrected chi connectivity index (χ3v) is 2.74. The first-order valence-electron chi connectivity index (χ1n) is 5.38. The quantitative estimate of drug-likeness (QED) is 0.681. The molecule has 4 heteroatoms. The smallest absolute Gasteiger partial charge is 0.159 e. The lowest BCUT2D eigenvalue weighted by molar-refractivity contribution is 0.101. The van der Waals surface area contributed by atoms with Crippen LogP contribution in [0.3, 0.4) is 0 Å². The number of carbonyl (C=O) groups excluding carboxylic acids is 1. The van der Waals surface area contributed by atoms with E-state index in [1.54, 1.807) is 6.92 Å². The maximum Gasteiger partial charge on any atom is 0.159 e. The highest BCUT2D eigenvalue weighted by molar-refractivity contribution is 5.95. The van der Waals surface area contributed by atoms with E-state index < -0.39 is 0 Å². The molecule has 0 saturated heterocycles. The average molecular weight is 225 g/mol. The molecule has 0 saturated carbocycles. The summed E-state index contributed by atoms with van der Waals surface area (Å²) in [5.41, 5.74) is 3.39. The fraction of sp³-hybridized carbons (Fsp3) is 0.0769. The number of aromatic nitrogens is 3. The van der Waals surface area contributed by atoms with E-state index >= 15 is 0 Å². The summed E-state index contributed by atoms with van der Waals surface area (Å²) in [5, 5.41) is 3.03. The second-order valence-corrected chi connectivity index (χ2v) is 3.95. The van der Waals surface area contributed by atoms with Gasteiger partial charge >= 0.3 is 0 Å². The molecule has 1 N–H and O–H groups in total. The Bertz CT molecular complexity index is 665. The van der Waals surface area contributed by atoms with Crippen LogP contribution in [0, 0.1) is 0 Å². The van der Waals surface area contributed by atoms with Crippen LogP contribution in [0.4, 0.5) is 0 Å². The molecule has 3 rings (SSSR count). The van der Waals surface area contributed by atoms with Gasteiger partial charge in [0.2, 0.25) is 0 Å². The topological polar surface area (TPSA) is 50.2 Å². The van der Waals surface area contributed by atoms with E-state index in [0.717, 1.165) is 16.9 Å². The zero-order chi connectivity index (χ0) is 11.8. The van der Waals surface area contributed by atoms with Crippen molar-refractivity contribution < 1.29 is 4.79 Å². The summed E-state index contributed by atoms with van der Waals surface area (Å²) in [4.78, 5) is 15.8. The summed E-state index contributed by atoms with van der Waals surface area (Å²) in [5.74, 6) is 0.0663. The van der Waals surface area contributed by atoms with E-state index in [1.807, 2.05) is 47.2 Å². The highest BCUT2D eigenvalue weighted by atomic mass is 16.1. The van der Waals surface area contributed by atoms with Crippen LogP contribution in [0.15, 0.2) is 42.7 Å². The Morgan fingerprint density at radius 1 is 1.35 bits per heavy atom. The molecule has 0 atom stereocenters. The van der Waals surface area contributed by atoms with Gasteiger partial charge in [-0.1, -0.05) is 18.2 Å². The maximum absolute atomic E-state index is 11.3. The number of Topliss-reactive ketones (excluding diaryl/α,β-unsaturated/α-hetero) is 1. The van der Waals surface area contributed by atoms with Gasteiger partial charge in [0.25, 0.3) is 0 Å². The first-order valence-corrected chi connectivity index (χ1v) is 5.38. The number of aromatic amines is 1. The number of ketones is 1. The number of benzene rings is 1. The van der Waals surface area contributed by atoms with Crippen LogP contribution in [-0.2, 0) is 0 Å². The predicted octanol–water partition coefficient (Wildman–Crippen LogP) is 2.53. The number of hydrogen-bond donors (Lipinski definition) is 1. The predicted molar refractivity (Wildman–Crippen MR) is 65.0 cm³/mol. The van der Waals surface area contributed by atoms with Crippen molar-refractivity contribution in [1.29, 1.82) is 0 Å². The van der Waals surface area contributed by atoms with Crippen LogP contribution < -0.4 is 0 Å². The Labute approximate surface area is 97.9 Å². The minimum absolute atomic E-state index is 0.0663. The van der Waals surface area contributed by atoms with Crippen LogP contribution in [0.1, 0.15) is 17.3 Å². The lowest BCUT2D eigenvalue weighted by Crippen LogP contribution is -1.91. The molecule has 84 valence electrons. The number of fused-ring (bicyclic) bond motifs is 1. The van der Waals surface area contributed by atoms with E-state index in [9.17, 15) is 4.79 Å². The first kappa shape index (κ1) is 9.84. The standard InChI is InChI=1S/C13H11N3O/c1-9(17)10-3-2-4-11(7-10)12-8-16-13(15-12)5-6-14-16/h2-8,14H,1H3. The Hall–Kier alpha value is -2.36. The number of H-pyrrole nitrogens is 1. The molecule has 2 heterocycles. The summed E-state index contributed by atoms with van der Waals surface area (Å²) in [6, 6.07) is 9.41. The zero-order valence-electron chi connectivity index (χ0n) is 9.34. The molecule has 2 aromatic heterocycles. The minimum Gasteiger partial charge on any atom is -0.300 e. The van der Waals surface area contributed by atoms with Crippen molar-refractivity contribution in [2.45, 2.75) is 6.92 Å². The van der Waals surface area contributed by atoms with Crippen molar-refractivity contribution in [3.63, 3.8) is 0 Å². The summed E-state index contributed by atoms with van der Waals surface area (Å²) in [7, 11) is 0. The maximum atomic E-state index is 11.3. The second kappa shape index (κ2) is 3.59. The molecule has 0 fully saturated rings. The zero-order valence-corrected chi connectivity index (χ0v) is 9.34. The third-order valence-electron chi connectivity index (χ3n) is 2.74. The van der Waals surface area contributed by atoms with E-state index in [-0.39, 0.29) is 5.78 Å². The second-order valence-electron chi connectivity index (χ2n) is 3.95. The largest absolute Gasteiger partial charge is 0.300 e. The first-order chi connectivity index (χ1) is 8.24. The van der Waals surface area contributed by atoms with Gasteiger partial charge in [-0.3, -0.25) is 4.79 Å². The molecule has 0 aliphatic heterocycles. The lowest BCUT2D eigenvalue weighted by atomic mass is 10.1. The van der Waals surface area contributed by atoms with Gasteiger partial charge in [0.15, 0.2) is 11.4 Å². The molecule has 0 aliphatic rings. The molecule has 3 aromatic rings. The van der Waals surface area contributed by atoms with Crippen molar-refractivity contribution in [2.24, 2.45) is 0 Å². The molecule has 0 radical (unpaired) electrons. The van der Waals surface area contributed by atoms with Gasteiger partial charge in [0, 0.05) is 23.4 Å². The van der Waals surface area contributed by atoms with Crippen LogP contribution in [0.25, 0.3) is 16.9 Å². The molecule has 4 nitrogen and oxygen atoms in total. The highest BCUT2D eigenvalue weighted by Crippen LogP contribution is 2.20. The number of hydrogen-bond acceptors (Lipinski definition) is 2. The lowest BCUT2D eigenvalue weighted by Gasteiger charge is -1.99. The van der Waals surface area contributed by atoms with Crippen molar-refractivity contribution in [1.82, 2.24) is 14.6 Å². The Morgan fingerprint density at radius 3 is 3.00 bits per heavy atom. The SMILES string of the molecule is CC(=O)c1cccc(-c2cn3[nH]ccc3n2)c1. The Morgan fingerprint density at radius 2 is 2.24 bits per heavy atom. The van der Waals surface area contributed by atoms with Crippen LogP contribution >= 0.6 is 0 Å². The Kier molecular flexibility index (Phi) is 2.08. The summed E-state index contributed by atoms with van der Waals surface area (Å²) in [6.07, 6.45) is 3.74. The van der Waals surface area contributed by atoms with E-state index in [0.29, 0.717) is 5.56 Å². The molecule has 0 spiro atoms. The molecule has 0 aliphatic carbocycles. The Balaban J connectivity index is 2.12. The van der Waals surface area contributed by atoms with E-state index in [2.05, 4.69) is 10.1 Å². The minimum atomic E-state index is 0.0663. The fourth-order valence-electron chi connectivity index (χ4n) is 1.84. The number of nitrogens with zero attached hydrogens (tertiary/aromatic N) is 2. The average Bonchev–Trinajstić information content (AvgIpc) is 2.89. The molecular formula is C13H11N3O. The molecule has 0 unspecified atom stereocenters. The number of rotatable bonds is 2. The molecule has 0 bridgehead atoms. The summed E-state index contributed by atoms with van der Waals surface area (Å²) >= 11 is 0. The van der Waals surface area contributed by atoms with Gasteiger partial charge in [-0.25, -0.2) is 9.50 Å². The number of imidazole rings is 1. The van der Waals surface area contributed by atoms with Gasteiger partial charge < -0.3 is 5.10 Å². The van der Waals surface area contributed by atoms with Crippen LogP contribution in [-0.4, -0.2) is 20.4 Å². The summed E-state index contributed by atoms with van der Waals surface area (Å²) in [6.45, 7) is 1.57. The van der Waals surface area contributed by atoms with Crippen molar-refractivity contribution in [3.8, 4) is 11.3 Å². The molecule has 17 heavy (non-hydrogen) atoms. The van der Waals surface area contributed by atoms with Crippen molar-refractivity contribution >= 4 is 11.4 Å². The summed E-state index contributed by atoms with van der Waals surface area (Å²) < 4.78 is 1.84. The van der Waals surface area contributed by atoms with Crippen LogP contribution in [0.5, 0.6) is 0 Å². The van der Waals surface area contributed by atoms with Crippen LogP contribution in [0.2, 0.25) is 0 Å². The van der Waals surface area contributed by atoms with Crippen molar-refractivity contribution in [2.75, 3.05) is 0 Å². The number of carbonyl (C=O) groups is 1. The van der Waals surface area contributed by atoms with Gasteiger partial charge in [-0.2, -0.15) is 0 Å². The van der Waals surface area contributed by atoms with Crippen molar-refractivity contribution in [3.05, 3.63) is 48.3 Å². The fourth-order valence-corrected chi connectivity index (χ4v) is 1.84. The third kappa shape index (κ3) is 1.63. The molecule has 1 aromatic carbocycles. The normalized spacial score (nSPS) is 10.9. The highest BCUT2D eigenvalue weighted by Gasteiger charge is 2.06. The van der Waals surface area contributed by atoms with Gasteiger partial charge in [0.1, 0.15) is 0 Å². The van der Waals surface area contributed by atoms with Gasteiger partial charge in [-0.15, -0.1) is 0 Å². The number of nitrogens with one attached hydrogen (secondary N) is 1. The molecular weight excluding hydrogens is 214 g/mol. The monoisotopic (exact) mass is 225 g/mol.